The van der Waals surface area contributed by atoms with E-state index in [0.717, 1.165) is 26.9 Å². The van der Waals surface area contributed by atoms with Crippen molar-refractivity contribution in [3.63, 3.8) is 0 Å². The molecule has 1 atom stereocenters. The molecule has 3 aromatic carbocycles. The fraction of sp³-hybridized carbons (Fsp3) is 0.0870. The third-order valence-electron chi connectivity index (χ3n) is 4.79. The minimum atomic E-state index is -0.387. The van der Waals surface area contributed by atoms with E-state index in [9.17, 15) is 9.90 Å². The first kappa shape index (κ1) is 17.6. The molecule has 0 spiro atoms. The van der Waals surface area contributed by atoms with Gasteiger partial charge in [-0.1, -0.05) is 76.1 Å². The average Bonchev–Trinajstić information content (AvgIpc) is 2.95. The number of anilines is 1. The SMILES string of the molecule is Cc1ccc(C2=C(O)C(=O)N(c3ccc(Br)cc3)[C@H]2c2ccccc2)cc1. The second-order valence-corrected chi connectivity index (χ2v) is 7.51. The first-order valence-corrected chi connectivity index (χ1v) is 9.50. The predicted octanol–water partition coefficient (Wildman–Crippen LogP) is 5.81. The van der Waals surface area contributed by atoms with Gasteiger partial charge in [0.25, 0.3) is 5.91 Å². The molecule has 4 rings (SSSR count). The zero-order valence-electron chi connectivity index (χ0n) is 14.8. The number of halogens is 1. The number of hydrogen-bond donors (Lipinski definition) is 1. The van der Waals surface area contributed by atoms with Gasteiger partial charge in [0.15, 0.2) is 5.76 Å². The molecule has 1 heterocycles. The highest BCUT2D eigenvalue weighted by molar-refractivity contribution is 9.10. The Hall–Kier alpha value is -2.85. The van der Waals surface area contributed by atoms with Crippen LogP contribution in [0.3, 0.4) is 0 Å². The lowest BCUT2D eigenvalue weighted by Gasteiger charge is -2.27. The summed E-state index contributed by atoms with van der Waals surface area (Å²) in [5.41, 5.74) is 4.30. The molecule has 0 radical (unpaired) electrons. The first-order chi connectivity index (χ1) is 13.1. The maximum atomic E-state index is 13.0. The van der Waals surface area contributed by atoms with Crippen molar-refractivity contribution in [2.24, 2.45) is 0 Å². The van der Waals surface area contributed by atoms with Crippen molar-refractivity contribution < 1.29 is 9.90 Å². The van der Waals surface area contributed by atoms with Crippen LogP contribution in [0.15, 0.2) is 89.1 Å². The molecule has 1 aliphatic rings. The van der Waals surface area contributed by atoms with Gasteiger partial charge in [0, 0.05) is 15.7 Å². The molecule has 3 aromatic rings. The quantitative estimate of drug-likeness (QED) is 0.581. The highest BCUT2D eigenvalue weighted by atomic mass is 79.9. The lowest BCUT2D eigenvalue weighted by molar-refractivity contribution is -0.117. The molecule has 3 nitrogen and oxygen atoms in total. The van der Waals surface area contributed by atoms with E-state index in [0.29, 0.717) is 5.57 Å². The van der Waals surface area contributed by atoms with E-state index in [2.05, 4.69) is 15.9 Å². The Kier molecular flexibility index (Phi) is 4.58. The van der Waals surface area contributed by atoms with Gasteiger partial charge in [-0.15, -0.1) is 0 Å². The van der Waals surface area contributed by atoms with Gasteiger partial charge < -0.3 is 5.11 Å². The highest BCUT2D eigenvalue weighted by Crippen LogP contribution is 2.45. The summed E-state index contributed by atoms with van der Waals surface area (Å²) in [6.07, 6.45) is 0. The largest absolute Gasteiger partial charge is 0.503 e. The summed E-state index contributed by atoms with van der Waals surface area (Å²) in [5.74, 6) is -0.586. The first-order valence-electron chi connectivity index (χ1n) is 8.70. The van der Waals surface area contributed by atoms with E-state index in [1.807, 2.05) is 85.8 Å². The molecule has 0 fully saturated rings. The lowest BCUT2D eigenvalue weighted by atomic mass is 9.93. The van der Waals surface area contributed by atoms with Crippen LogP contribution >= 0.6 is 15.9 Å². The highest BCUT2D eigenvalue weighted by Gasteiger charge is 2.41. The normalized spacial score (nSPS) is 16.9. The molecule has 1 amide bonds. The Balaban J connectivity index is 1.89. The minimum Gasteiger partial charge on any atom is -0.503 e. The number of amides is 1. The van der Waals surface area contributed by atoms with E-state index in [4.69, 9.17) is 0 Å². The smallest absolute Gasteiger partial charge is 0.294 e. The van der Waals surface area contributed by atoms with Gasteiger partial charge in [-0.3, -0.25) is 9.69 Å². The third kappa shape index (κ3) is 3.17. The molecule has 4 heteroatoms. The van der Waals surface area contributed by atoms with Crippen LogP contribution in [0.1, 0.15) is 22.7 Å². The molecular formula is C23H18BrNO2. The maximum absolute atomic E-state index is 13.0. The molecule has 0 saturated carbocycles. The molecule has 134 valence electrons. The van der Waals surface area contributed by atoms with Crippen LogP contribution in [0.2, 0.25) is 0 Å². The van der Waals surface area contributed by atoms with Gasteiger partial charge in [-0.2, -0.15) is 0 Å². The van der Waals surface area contributed by atoms with Gasteiger partial charge in [0.05, 0.1) is 6.04 Å². The number of carbonyl (C=O) groups is 1. The second-order valence-electron chi connectivity index (χ2n) is 6.59. The molecule has 0 bridgehead atoms. The zero-order valence-corrected chi connectivity index (χ0v) is 16.3. The Bertz CT molecular complexity index is 1010. The fourth-order valence-corrected chi connectivity index (χ4v) is 3.72. The summed E-state index contributed by atoms with van der Waals surface area (Å²) in [7, 11) is 0. The van der Waals surface area contributed by atoms with Gasteiger partial charge in [0.2, 0.25) is 0 Å². The number of hydrogen-bond acceptors (Lipinski definition) is 2. The van der Waals surface area contributed by atoms with Gasteiger partial charge in [-0.25, -0.2) is 0 Å². The third-order valence-corrected chi connectivity index (χ3v) is 5.32. The van der Waals surface area contributed by atoms with Crippen LogP contribution in [0, 0.1) is 6.92 Å². The Morgan fingerprint density at radius 2 is 1.52 bits per heavy atom. The van der Waals surface area contributed by atoms with Gasteiger partial charge >= 0.3 is 0 Å². The summed E-state index contributed by atoms with van der Waals surface area (Å²) in [6.45, 7) is 2.01. The Morgan fingerprint density at radius 3 is 2.15 bits per heavy atom. The van der Waals surface area contributed by atoms with E-state index in [1.54, 1.807) is 4.90 Å². The predicted molar refractivity (Wildman–Crippen MR) is 112 cm³/mol. The summed E-state index contributed by atoms with van der Waals surface area (Å²) in [4.78, 5) is 14.7. The molecule has 1 N–H and O–H groups in total. The van der Waals surface area contributed by atoms with Crippen LogP contribution in [-0.2, 0) is 4.79 Å². The van der Waals surface area contributed by atoms with Crippen molar-refractivity contribution in [1.82, 2.24) is 0 Å². The van der Waals surface area contributed by atoms with Crippen molar-refractivity contribution >= 4 is 33.1 Å². The van der Waals surface area contributed by atoms with Crippen molar-refractivity contribution in [1.29, 1.82) is 0 Å². The zero-order chi connectivity index (χ0) is 19.0. The minimum absolute atomic E-state index is 0.198. The van der Waals surface area contributed by atoms with Crippen molar-refractivity contribution in [2.45, 2.75) is 13.0 Å². The van der Waals surface area contributed by atoms with Crippen molar-refractivity contribution in [3.05, 3.63) is 106 Å². The van der Waals surface area contributed by atoms with E-state index >= 15 is 0 Å². The molecule has 27 heavy (non-hydrogen) atoms. The average molecular weight is 420 g/mol. The number of aliphatic hydroxyl groups excluding tert-OH is 1. The van der Waals surface area contributed by atoms with Crippen LogP contribution in [0.5, 0.6) is 0 Å². The number of aryl methyl sites for hydroxylation is 1. The topological polar surface area (TPSA) is 40.5 Å². The standard InChI is InChI=1S/C23H18BrNO2/c1-15-7-9-16(10-8-15)20-21(17-5-3-2-4-6-17)25(23(27)22(20)26)19-13-11-18(24)12-14-19/h2-14,21,26H,1H3/t21-/m0/s1. The van der Waals surface area contributed by atoms with Crippen molar-refractivity contribution in [2.75, 3.05) is 4.90 Å². The fourth-order valence-electron chi connectivity index (χ4n) is 3.45. The number of benzene rings is 3. The molecule has 0 aromatic heterocycles. The van der Waals surface area contributed by atoms with Crippen LogP contribution < -0.4 is 4.90 Å². The van der Waals surface area contributed by atoms with Gasteiger partial charge in [-0.05, 0) is 42.3 Å². The molecule has 1 aliphatic heterocycles. The lowest BCUT2D eigenvalue weighted by Crippen LogP contribution is -2.30. The number of rotatable bonds is 3. The van der Waals surface area contributed by atoms with E-state index < -0.39 is 0 Å². The van der Waals surface area contributed by atoms with Gasteiger partial charge in [0.1, 0.15) is 0 Å². The monoisotopic (exact) mass is 419 g/mol. The molecule has 0 aliphatic carbocycles. The molecular weight excluding hydrogens is 402 g/mol. The summed E-state index contributed by atoms with van der Waals surface area (Å²) in [5, 5.41) is 10.8. The summed E-state index contributed by atoms with van der Waals surface area (Å²) < 4.78 is 0.935. The Labute approximate surface area is 166 Å². The number of nitrogens with zero attached hydrogens (tertiary/aromatic N) is 1. The molecule has 0 saturated heterocycles. The van der Waals surface area contributed by atoms with Crippen LogP contribution in [0.4, 0.5) is 5.69 Å². The summed E-state index contributed by atoms with van der Waals surface area (Å²) in [6, 6.07) is 24.8. The number of aliphatic hydroxyl groups is 1. The molecule has 0 unspecified atom stereocenters. The maximum Gasteiger partial charge on any atom is 0.294 e. The van der Waals surface area contributed by atoms with Crippen molar-refractivity contribution in [3.8, 4) is 0 Å². The van der Waals surface area contributed by atoms with E-state index in [-0.39, 0.29) is 17.7 Å². The number of carbonyl (C=O) groups excluding carboxylic acids is 1. The second kappa shape index (κ2) is 7.05. The van der Waals surface area contributed by atoms with Crippen LogP contribution in [0.25, 0.3) is 5.57 Å². The van der Waals surface area contributed by atoms with Crippen LogP contribution in [-0.4, -0.2) is 11.0 Å². The Morgan fingerprint density at radius 1 is 0.889 bits per heavy atom. The summed E-state index contributed by atoms with van der Waals surface area (Å²) >= 11 is 3.43. The van der Waals surface area contributed by atoms with E-state index in [1.165, 1.54) is 0 Å².